The maximum absolute atomic E-state index is 15.2. The summed E-state index contributed by atoms with van der Waals surface area (Å²) in [5.74, 6) is -2.04. The van der Waals surface area contributed by atoms with E-state index in [0.29, 0.717) is 36.5 Å². The van der Waals surface area contributed by atoms with Gasteiger partial charge in [0.1, 0.15) is 6.04 Å². The summed E-state index contributed by atoms with van der Waals surface area (Å²) in [5, 5.41) is 11.2. The van der Waals surface area contributed by atoms with Crippen molar-refractivity contribution in [1.29, 1.82) is 0 Å². The van der Waals surface area contributed by atoms with Gasteiger partial charge in [0.25, 0.3) is 5.91 Å². The maximum atomic E-state index is 15.2. The van der Waals surface area contributed by atoms with E-state index >= 15 is 4.79 Å². The van der Waals surface area contributed by atoms with Gasteiger partial charge in [-0.05, 0) is 55.5 Å². The van der Waals surface area contributed by atoms with Crippen LogP contribution in [0.25, 0.3) is 0 Å². The topological polar surface area (TPSA) is 81.2 Å². The monoisotopic (exact) mass is 669 g/mol. The van der Waals surface area contributed by atoms with E-state index in [2.05, 4.69) is 13.2 Å². The lowest BCUT2D eigenvalue weighted by Crippen LogP contribution is -2.58. The Kier molecular flexibility index (Phi) is 9.65. The molecular weight excluding hydrogens is 630 g/mol. The maximum Gasteiger partial charge on any atom is 0.251 e. The van der Waals surface area contributed by atoms with Crippen LogP contribution in [0.4, 0.5) is 11.4 Å². The van der Waals surface area contributed by atoms with Crippen LogP contribution in [0.15, 0.2) is 104 Å². The normalized spacial score (nSPS) is 24.9. The van der Waals surface area contributed by atoms with Crippen LogP contribution in [0, 0.1) is 18.8 Å². The lowest BCUT2D eigenvalue weighted by atomic mass is 9.70. The van der Waals surface area contributed by atoms with E-state index in [4.69, 9.17) is 11.6 Å². The molecule has 6 atom stereocenters. The largest absolute Gasteiger partial charge is 0.394 e. The first-order valence-electron chi connectivity index (χ1n) is 16.1. The van der Waals surface area contributed by atoms with Crippen molar-refractivity contribution in [3.63, 3.8) is 0 Å². The van der Waals surface area contributed by atoms with Gasteiger partial charge in [-0.25, -0.2) is 0 Å². The highest BCUT2D eigenvalue weighted by molar-refractivity contribution is 8.02. The van der Waals surface area contributed by atoms with Gasteiger partial charge in [0, 0.05) is 24.0 Å². The molecule has 9 heteroatoms. The minimum Gasteiger partial charge on any atom is -0.394 e. The summed E-state index contributed by atoms with van der Waals surface area (Å²) in [7, 11) is 0. The van der Waals surface area contributed by atoms with Gasteiger partial charge in [-0.1, -0.05) is 84.4 Å². The number of fused-ring (bicyclic) bond motifs is 1. The fraction of sp³-hybridized carbons (Fsp3) is 0.342. The second-order valence-corrected chi connectivity index (χ2v) is 14.6. The van der Waals surface area contributed by atoms with Crippen LogP contribution in [-0.2, 0) is 20.8 Å². The van der Waals surface area contributed by atoms with Crippen molar-refractivity contribution in [3.8, 4) is 0 Å². The van der Waals surface area contributed by atoms with Crippen LogP contribution in [0.1, 0.15) is 24.0 Å². The molecule has 0 saturated carbocycles. The minimum atomic E-state index is -0.922. The lowest BCUT2D eigenvalue weighted by molar-refractivity contribution is -0.141. The van der Waals surface area contributed by atoms with E-state index in [9.17, 15) is 14.7 Å². The van der Waals surface area contributed by atoms with E-state index in [0.717, 1.165) is 16.8 Å². The first-order chi connectivity index (χ1) is 22.8. The number of likely N-dealkylation sites (tertiary alicyclic amines) is 1. The first kappa shape index (κ1) is 33.1. The van der Waals surface area contributed by atoms with E-state index in [1.165, 1.54) is 0 Å². The zero-order chi connectivity index (χ0) is 33.3. The van der Waals surface area contributed by atoms with E-state index in [1.54, 1.807) is 44.7 Å². The van der Waals surface area contributed by atoms with E-state index < -0.39 is 28.7 Å². The van der Waals surface area contributed by atoms with Crippen molar-refractivity contribution >= 4 is 52.5 Å². The summed E-state index contributed by atoms with van der Waals surface area (Å²) >= 11 is 8.35. The smallest absolute Gasteiger partial charge is 0.251 e. The SMILES string of the molecule is C=CCN(C(=O)[C@@H]1[C@@H]2CCC3(S2)C(C(=O)N(CC=C)c2c(C)cccc2Cl)N([C@@H](CO)Cc2ccccc2)C(=O)[C@H]13)c1ccccc1. The number of benzene rings is 3. The van der Waals surface area contributed by atoms with Crippen molar-refractivity contribution in [2.75, 3.05) is 29.5 Å². The quantitative estimate of drug-likeness (QED) is 0.237. The summed E-state index contributed by atoms with van der Waals surface area (Å²) in [6.07, 6.45) is 5.02. The number of para-hydroxylation sites is 2. The zero-order valence-electron chi connectivity index (χ0n) is 26.5. The van der Waals surface area contributed by atoms with Gasteiger partial charge in [-0.2, -0.15) is 0 Å². The van der Waals surface area contributed by atoms with Crippen molar-refractivity contribution in [1.82, 2.24) is 4.90 Å². The summed E-state index contributed by atoms with van der Waals surface area (Å²) in [6.45, 7) is 9.86. The van der Waals surface area contributed by atoms with Gasteiger partial charge in [0.2, 0.25) is 11.8 Å². The molecule has 3 fully saturated rings. The summed E-state index contributed by atoms with van der Waals surface area (Å²) in [5.41, 5.74) is 3.06. The van der Waals surface area contributed by atoms with Crippen LogP contribution in [0.2, 0.25) is 5.02 Å². The number of aliphatic hydroxyl groups excluding tert-OH is 1. The third-order valence-electron chi connectivity index (χ3n) is 9.86. The third kappa shape index (κ3) is 5.70. The molecule has 3 amide bonds. The molecule has 1 N–H and O–H groups in total. The molecule has 3 aromatic rings. The average molecular weight is 670 g/mol. The summed E-state index contributed by atoms with van der Waals surface area (Å²) in [6, 6.07) is 23.0. The van der Waals surface area contributed by atoms with E-state index in [-0.39, 0.29) is 36.1 Å². The van der Waals surface area contributed by atoms with Crippen LogP contribution >= 0.6 is 23.4 Å². The number of nitrogens with zero attached hydrogens (tertiary/aromatic N) is 3. The molecule has 7 nitrogen and oxygen atoms in total. The Balaban J connectivity index is 1.47. The Labute approximate surface area is 285 Å². The third-order valence-corrected chi connectivity index (χ3v) is 12.1. The molecular formula is C38H40ClN3O4S. The number of carbonyl (C=O) groups excluding carboxylic acids is 3. The first-order valence-corrected chi connectivity index (χ1v) is 17.3. The number of carbonyl (C=O) groups is 3. The molecule has 3 saturated heterocycles. The highest BCUT2D eigenvalue weighted by Crippen LogP contribution is 2.67. The summed E-state index contributed by atoms with van der Waals surface area (Å²) in [4.78, 5) is 49.6. The predicted octanol–water partition coefficient (Wildman–Crippen LogP) is 6.08. The predicted molar refractivity (Wildman–Crippen MR) is 190 cm³/mol. The number of aliphatic hydroxyl groups is 1. The Morgan fingerprint density at radius 3 is 2.30 bits per heavy atom. The lowest BCUT2D eigenvalue weighted by Gasteiger charge is -2.40. The Morgan fingerprint density at radius 2 is 1.66 bits per heavy atom. The zero-order valence-corrected chi connectivity index (χ0v) is 28.1. The molecule has 244 valence electrons. The number of anilines is 2. The van der Waals surface area contributed by atoms with Gasteiger partial charge < -0.3 is 19.8 Å². The molecule has 0 aliphatic carbocycles. The number of rotatable bonds is 12. The van der Waals surface area contributed by atoms with Crippen molar-refractivity contribution in [2.45, 2.75) is 48.3 Å². The molecule has 3 aromatic carbocycles. The van der Waals surface area contributed by atoms with Gasteiger partial charge in [0.05, 0.1) is 39.9 Å². The Hall–Kier alpha value is -3.85. The number of hydrogen-bond donors (Lipinski definition) is 1. The molecule has 3 aliphatic heterocycles. The number of hydrogen-bond acceptors (Lipinski definition) is 5. The number of aryl methyl sites for hydroxylation is 1. The number of amides is 3. The molecule has 0 radical (unpaired) electrons. The van der Waals surface area contributed by atoms with Gasteiger partial charge in [0.15, 0.2) is 0 Å². The van der Waals surface area contributed by atoms with Crippen molar-refractivity contribution in [2.24, 2.45) is 11.8 Å². The second kappa shape index (κ2) is 13.7. The molecule has 2 bridgehead atoms. The molecule has 6 rings (SSSR count). The van der Waals surface area contributed by atoms with Crippen molar-refractivity contribution in [3.05, 3.63) is 120 Å². The molecule has 3 heterocycles. The van der Waals surface area contributed by atoms with Crippen LogP contribution in [0.5, 0.6) is 0 Å². The van der Waals surface area contributed by atoms with E-state index in [1.807, 2.05) is 79.7 Å². The van der Waals surface area contributed by atoms with Gasteiger partial charge in [-0.3, -0.25) is 14.4 Å². The van der Waals surface area contributed by atoms with Crippen LogP contribution in [-0.4, -0.2) is 69.5 Å². The molecule has 0 aromatic heterocycles. The summed E-state index contributed by atoms with van der Waals surface area (Å²) < 4.78 is -0.853. The highest BCUT2D eigenvalue weighted by Gasteiger charge is 2.74. The fourth-order valence-corrected chi connectivity index (χ4v) is 10.5. The highest BCUT2D eigenvalue weighted by atomic mass is 35.5. The van der Waals surface area contributed by atoms with Gasteiger partial charge in [-0.15, -0.1) is 24.9 Å². The molecule has 47 heavy (non-hydrogen) atoms. The molecule has 3 aliphatic rings. The van der Waals surface area contributed by atoms with Crippen molar-refractivity contribution < 1.29 is 19.5 Å². The minimum absolute atomic E-state index is 0.124. The Morgan fingerprint density at radius 1 is 1.00 bits per heavy atom. The molecule has 2 unspecified atom stereocenters. The second-order valence-electron chi connectivity index (χ2n) is 12.5. The number of halogens is 1. The average Bonchev–Trinajstić information content (AvgIpc) is 3.73. The standard InChI is InChI=1S/C38H40ClN3O4S/c1-4-21-40(27-16-10-7-11-17-27)35(44)31-30-19-20-38(47-30)32(31)36(45)42(28(24-43)23-26-14-8-6-9-15-26)34(38)37(46)41(22-5-2)33-25(3)13-12-18-29(33)39/h4-18,28,30-32,34,43H,1-2,19-24H2,3H3/t28-,30+,31-,32+,34?,38?/m1/s1. The Bertz CT molecular complexity index is 1650. The van der Waals surface area contributed by atoms with Crippen LogP contribution in [0.3, 0.4) is 0 Å². The fourth-order valence-electron chi connectivity index (χ4n) is 7.96. The van der Waals surface area contributed by atoms with Crippen LogP contribution < -0.4 is 9.80 Å². The number of thioether (sulfide) groups is 1. The van der Waals surface area contributed by atoms with Gasteiger partial charge >= 0.3 is 0 Å². The molecule has 1 spiro atoms.